The number of ketones is 1. The number of ether oxygens (including phenoxy) is 3. The van der Waals surface area contributed by atoms with E-state index in [1.54, 1.807) is 33.1 Å². The number of hydrogen-bond donors (Lipinski definition) is 3. The Bertz CT molecular complexity index is 1360. The molecule has 0 spiro atoms. The standard InChI is InChI=1S/C33H45N5O8/c1-21-16-28(46-37-21)32(42)36-27(19-38-12-14-44-15-13-38)31(41)35-26(18-23-8-10-24(43-3)11-9-23)30(40)34-25(17-22-6-4-5-7-22)29(39)33(2)20-45-33/h8-11,16,22,25-27H,4-7,12-15,17-20H2,1-3H3,(H,34,40)(H,35,41)(H,36,42)/t25-,26-,27+,33+/m0/s1. The molecule has 3 heterocycles. The topological polar surface area (TPSA) is 165 Å². The molecule has 13 heteroatoms. The van der Waals surface area contributed by atoms with Gasteiger partial charge in [-0.3, -0.25) is 24.1 Å². The Labute approximate surface area is 269 Å². The molecule has 3 aliphatic rings. The molecule has 3 amide bonds. The van der Waals surface area contributed by atoms with Crippen molar-refractivity contribution in [3.05, 3.63) is 47.3 Å². The monoisotopic (exact) mass is 639 g/mol. The van der Waals surface area contributed by atoms with E-state index < -0.39 is 41.4 Å². The second-order valence-corrected chi connectivity index (χ2v) is 12.7. The van der Waals surface area contributed by atoms with Crippen LogP contribution in [0.4, 0.5) is 0 Å². The van der Waals surface area contributed by atoms with Crippen LogP contribution in [-0.4, -0.2) is 104 Å². The summed E-state index contributed by atoms with van der Waals surface area (Å²) in [5.41, 5.74) is 0.406. The molecule has 5 rings (SSSR count). The number of hydrogen-bond acceptors (Lipinski definition) is 10. The Morgan fingerprint density at radius 2 is 1.65 bits per heavy atom. The zero-order valence-electron chi connectivity index (χ0n) is 26.8. The third kappa shape index (κ3) is 8.92. The Kier molecular flexibility index (Phi) is 11.1. The van der Waals surface area contributed by atoms with Crippen LogP contribution in [-0.2, 0) is 30.3 Å². The summed E-state index contributed by atoms with van der Waals surface area (Å²) >= 11 is 0. The fourth-order valence-corrected chi connectivity index (χ4v) is 6.12. The maximum atomic E-state index is 14.0. The molecule has 46 heavy (non-hydrogen) atoms. The SMILES string of the molecule is COc1ccc(C[C@H](NC(=O)[C@@H](CN2CCOCC2)NC(=O)c2cc(C)no2)C(=O)N[C@@H](CC2CCCC2)C(=O)[C@@]2(C)CO2)cc1. The van der Waals surface area contributed by atoms with Crippen molar-refractivity contribution in [1.29, 1.82) is 0 Å². The number of methoxy groups -OCH3 is 1. The van der Waals surface area contributed by atoms with Crippen molar-refractivity contribution in [2.45, 2.75) is 76.1 Å². The van der Waals surface area contributed by atoms with Gasteiger partial charge in [-0.25, -0.2) is 0 Å². The number of epoxide rings is 1. The summed E-state index contributed by atoms with van der Waals surface area (Å²) in [6.07, 6.45) is 4.91. The summed E-state index contributed by atoms with van der Waals surface area (Å²) in [7, 11) is 1.57. The van der Waals surface area contributed by atoms with Gasteiger partial charge in [0.1, 0.15) is 23.4 Å². The maximum absolute atomic E-state index is 14.0. The first-order valence-electron chi connectivity index (χ1n) is 16.1. The van der Waals surface area contributed by atoms with Gasteiger partial charge in [0.25, 0.3) is 5.91 Å². The number of morpholine rings is 1. The van der Waals surface area contributed by atoms with E-state index in [-0.39, 0.29) is 24.5 Å². The van der Waals surface area contributed by atoms with Crippen LogP contribution < -0.4 is 20.7 Å². The van der Waals surface area contributed by atoms with Crippen LogP contribution in [0.5, 0.6) is 5.75 Å². The van der Waals surface area contributed by atoms with Crippen LogP contribution in [0, 0.1) is 12.8 Å². The van der Waals surface area contributed by atoms with Crippen LogP contribution in [0.3, 0.4) is 0 Å². The van der Waals surface area contributed by atoms with Gasteiger partial charge >= 0.3 is 0 Å². The first-order chi connectivity index (χ1) is 22.1. The molecule has 13 nitrogen and oxygen atoms in total. The summed E-state index contributed by atoms with van der Waals surface area (Å²) in [5, 5.41) is 12.4. The smallest absolute Gasteiger partial charge is 0.290 e. The molecule has 0 bridgehead atoms. The molecule has 0 unspecified atom stereocenters. The van der Waals surface area contributed by atoms with Gasteiger partial charge in [-0.15, -0.1) is 0 Å². The van der Waals surface area contributed by atoms with Crippen LogP contribution in [0.1, 0.15) is 60.8 Å². The third-order valence-electron chi connectivity index (χ3n) is 9.03. The largest absolute Gasteiger partial charge is 0.497 e. The molecule has 1 saturated carbocycles. The number of aromatic nitrogens is 1. The van der Waals surface area contributed by atoms with Gasteiger partial charge in [0, 0.05) is 32.1 Å². The molecule has 1 aromatic heterocycles. The highest BCUT2D eigenvalue weighted by molar-refractivity contribution is 5.99. The lowest BCUT2D eigenvalue weighted by molar-refractivity contribution is -0.133. The quantitative estimate of drug-likeness (QED) is 0.244. The molecule has 3 N–H and O–H groups in total. The second-order valence-electron chi connectivity index (χ2n) is 12.7. The summed E-state index contributed by atoms with van der Waals surface area (Å²) in [5.74, 6) is -0.794. The van der Waals surface area contributed by atoms with Gasteiger partial charge in [0.05, 0.1) is 38.7 Å². The lowest BCUT2D eigenvalue weighted by atomic mass is 9.90. The molecule has 1 aromatic carbocycles. The van der Waals surface area contributed by atoms with E-state index in [9.17, 15) is 19.2 Å². The lowest BCUT2D eigenvalue weighted by Crippen LogP contribution is -2.59. The van der Waals surface area contributed by atoms with E-state index in [0.717, 1.165) is 31.2 Å². The van der Waals surface area contributed by atoms with Crippen LogP contribution in [0.2, 0.25) is 0 Å². The van der Waals surface area contributed by atoms with Crippen molar-refractivity contribution in [3.8, 4) is 5.75 Å². The number of Topliss-reactive ketones (excluding diaryl/α,β-unsaturated/α-hetero) is 1. The third-order valence-corrected chi connectivity index (χ3v) is 9.03. The Hall–Kier alpha value is -3.81. The second kappa shape index (κ2) is 15.2. The zero-order valence-corrected chi connectivity index (χ0v) is 26.8. The summed E-state index contributed by atoms with van der Waals surface area (Å²) in [6.45, 7) is 6.14. The molecular weight excluding hydrogens is 594 g/mol. The number of rotatable bonds is 15. The molecule has 1 aliphatic carbocycles. The van der Waals surface area contributed by atoms with E-state index in [4.69, 9.17) is 18.7 Å². The van der Waals surface area contributed by atoms with Crippen LogP contribution in [0.15, 0.2) is 34.9 Å². The van der Waals surface area contributed by atoms with Gasteiger partial charge in [-0.1, -0.05) is 43.0 Å². The number of carbonyl (C=O) groups is 4. The summed E-state index contributed by atoms with van der Waals surface area (Å²) in [4.78, 5) is 56.5. The van der Waals surface area contributed by atoms with Gasteiger partial charge in [0.2, 0.25) is 17.6 Å². The molecule has 2 aromatic rings. The van der Waals surface area contributed by atoms with Gasteiger partial charge in [-0.05, 0) is 43.9 Å². The Morgan fingerprint density at radius 1 is 1.00 bits per heavy atom. The summed E-state index contributed by atoms with van der Waals surface area (Å²) < 4.78 is 21.3. The highest BCUT2D eigenvalue weighted by Gasteiger charge is 2.50. The van der Waals surface area contributed by atoms with Crippen molar-refractivity contribution in [3.63, 3.8) is 0 Å². The van der Waals surface area contributed by atoms with Crippen LogP contribution in [0.25, 0.3) is 0 Å². The number of nitrogens with one attached hydrogen (secondary N) is 3. The van der Waals surface area contributed by atoms with Gasteiger partial charge in [0.15, 0.2) is 5.78 Å². The molecule has 0 radical (unpaired) electrons. The minimum Gasteiger partial charge on any atom is -0.497 e. The Balaban J connectivity index is 1.36. The minimum absolute atomic E-state index is 0.0196. The number of carbonyl (C=O) groups excluding carboxylic acids is 4. The fourth-order valence-electron chi connectivity index (χ4n) is 6.12. The van der Waals surface area contributed by atoms with Crippen molar-refractivity contribution >= 4 is 23.5 Å². The number of benzene rings is 1. The predicted octanol–water partition coefficient (Wildman–Crippen LogP) is 1.57. The molecule has 250 valence electrons. The normalized spacial score (nSPS) is 22.0. The average Bonchev–Trinajstić information content (AvgIpc) is 3.38. The first kappa shape index (κ1) is 33.6. The van der Waals surface area contributed by atoms with E-state index in [2.05, 4.69) is 21.1 Å². The van der Waals surface area contributed by atoms with Crippen LogP contribution >= 0.6 is 0 Å². The number of aryl methyl sites for hydroxylation is 1. The highest BCUT2D eigenvalue weighted by Crippen LogP contribution is 2.33. The van der Waals surface area contributed by atoms with Gasteiger partial charge < -0.3 is 34.7 Å². The van der Waals surface area contributed by atoms with Crippen molar-refractivity contribution in [2.75, 3.05) is 46.6 Å². The molecule has 3 fully saturated rings. The molecule has 2 aliphatic heterocycles. The van der Waals surface area contributed by atoms with E-state index in [1.165, 1.54) is 6.07 Å². The van der Waals surface area contributed by atoms with Crippen molar-refractivity contribution in [2.24, 2.45) is 5.92 Å². The van der Waals surface area contributed by atoms with Gasteiger partial charge in [-0.2, -0.15) is 0 Å². The average molecular weight is 640 g/mol. The predicted molar refractivity (Wildman–Crippen MR) is 166 cm³/mol. The van der Waals surface area contributed by atoms with E-state index >= 15 is 0 Å². The van der Waals surface area contributed by atoms with E-state index in [1.807, 2.05) is 17.0 Å². The zero-order chi connectivity index (χ0) is 32.7. The first-order valence-corrected chi connectivity index (χ1v) is 16.1. The fraction of sp³-hybridized carbons (Fsp3) is 0.606. The van der Waals surface area contributed by atoms with E-state index in [0.29, 0.717) is 56.7 Å². The molecule has 2 saturated heterocycles. The minimum atomic E-state index is -1.04. The summed E-state index contributed by atoms with van der Waals surface area (Å²) in [6, 6.07) is 5.91. The molecule has 4 atom stereocenters. The number of amides is 3. The maximum Gasteiger partial charge on any atom is 0.290 e. The highest BCUT2D eigenvalue weighted by atomic mass is 16.6. The number of nitrogens with zero attached hydrogens (tertiary/aromatic N) is 2. The van der Waals surface area contributed by atoms with Crippen molar-refractivity contribution in [1.82, 2.24) is 26.0 Å². The lowest BCUT2D eigenvalue weighted by Gasteiger charge is -2.31. The molecular formula is C33H45N5O8. The Morgan fingerprint density at radius 3 is 2.26 bits per heavy atom. The van der Waals surface area contributed by atoms with Crippen molar-refractivity contribution < 1.29 is 37.9 Å².